The highest BCUT2D eigenvalue weighted by molar-refractivity contribution is 7.87. The molecule has 17 heavy (non-hydrogen) atoms. The molecule has 5 atom stereocenters. The van der Waals surface area contributed by atoms with Crippen LogP contribution in [0, 0.1) is 11.8 Å². The van der Waals surface area contributed by atoms with Crippen molar-refractivity contribution in [3.63, 3.8) is 0 Å². The van der Waals surface area contributed by atoms with Crippen molar-refractivity contribution in [1.82, 2.24) is 0 Å². The first-order valence-electron chi connectivity index (χ1n) is 5.75. The zero-order chi connectivity index (χ0) is 12.2. The van der Waals surface area contributed by atoms with Crippen LogP contribution in [-0.2, 0) is 23.8 Å². The number of ether oxygens (including phenoxy) is 1. The van der Waals surface area contributed by atoms with Gasteiger partial charge < -0.3 is 4.74 Å². The lowest BCUT2D eigenvalue weighted by molar-refractivity contribution is -0.155. The number of esters is 1. The van der Waals surface area contributed by atoms with Gasteiger partial charge in [-0.2, -0.15) is 21.0 Å². The molecule has 7 heteroatoms. The Bertz CT molecular complexity index is 446. The molecular weight excluding hydrogens is 264 g/mol. The van der Waals surface area contributed by atoms with Crippen LogP contribution in [0.15, 0.2) is 0 Å². The summed E-state index contributed by atoms with van der Waals surface area (Å²) in [5.74, 6) is 0.295. The summed E-state index contributed by atoms with van der Waals surface area (Å²) in [4.78, 5) is 11.4. The molecule has 2 saturated carbocycles. The Morgan fingerprint density at radius 1 is 1.41 bits per heavy atom. The molecule has 0 aromatic carbocycles. The van der Waals surface area contributed by atoms with E-state index in [9.17, 15) is 13.2 Å². The van der Waals surface area contributed by atoms with Crippen molar-refractivity contribution >= 4 is 28.7 Å². The van der Waals surface area contributed by atoms with Gasteiger partial charge in [0.2, 0.25) is 0 Å². The highest BCUT2D eigenvalue weighted by Crippen LogP contribution is 2.55. The average Bonchev–Trinajstić information content (AvgIpc) is 2.82. The summed E-state index contributed by atoms with van der Waals surface area (Å²) in [5, 5.41) is -0.364. The number of carbonyl (C=O) groups excluding carboxylic acids is 1. The van der Waals surface area contributed by atoms with Gasteiger partial charge in [-0.1, -0.05) is 0 Å². The van der Waals surface area contributed by atoms with Gasteiger partial charge in [-0.15, -0.1) is 0 Å². The maximum Gasteiger partial charge on any atom is 0.306 e. The molecule has 3 rings (SSSR count). The van der Waals surface area contributed by atoms with E-state index in [4.69, 9.17) is 8.92 Å². The third-order valence-electron chi connectivity index (χ3n) is 4.00. The van der Waals surface area contributed by atoms with E-state index in [0.717, 1.165) is 6.42 Å². The van der Waals surface area contributed by atoms with E-state index in [-0.39, 0.29) is 35.6 Å². The van der Waals surface area contributed by atoms with Gasteiger partial charge in [0.25, 0.3) is 10.1 Å². The van der Waals surface area contributed by atoms with Gasteiger partial charge in [0.15, 0.2) is 0 Å². The summed E-state index contributed by atoms with van der Waals surface area (Å²) >= 11 is 3.96. The molecule has 1 heterocycles. The summed E-state index contributed by atoms with van der Waals surface area (Å²) in [6.45, 7) is 0. The predicted molar refractivity (Wildman–Crippen MR) is 62.1 cm³/mol. The van der Waals surface area contributed by atoms with Gasteiger partial charge in [-0.3, -0.25) is 8.98 Å². The van der Waals surface area contributed by atoms with E-state index in [1.54, 1.807) is 0 Å². The van der Waals surface area contributed by atoms with Gasteiger partial charge in [-0.05, 0) is 12.8 Å². The van der Waals surface area contributed by atoms with Crippen molar-refractivity contribution in [1.29, 1.82) is 0 Å². The smallest absolute Gasteiger partial charge is 0.306 e. The maximum atomic E-state index is 11.7. The lowest BCUT2D eigenvalue weighted by Gasteiger charge is -2.24. The first kappa shape index (κ1) is 11.8. The monoisotopic (exact) mass is 278 g/mol. The van der Waals surface area contributed by atoms with Crippen LogP contribution < -0.4 is 0 Å². The molecule has 0 aromatic rings. The molecule has 0 radical (unpaired) electrons. The third kappa shape index (κ3) is 1.70. The Labute approximate surface area is 105 Å². The minimum absolute atomic E-state index is 0.0267. The van der Waals surface area contributed by atoms with E-state index < -0.39 is 16.2 Å². The number of fused-ring (bicyclic) bond motifs is 1. The number of hydrogen-bond acceptors (Lipinski definition) is 6. The van der Waals surface area contributed by atoms with Gasteiger partial charge >= 0.3 is 5.97 Å². The second-order valence-electron chi connectivity index (χ2n) is 4.92. The largest absolute Gasteiger partial charge is 0.459 e. The van der Waals surface area contributed by atoms with Crippen LogP contribution in [0.3, 0.4) is 0 Å². The van der Waals surface area contributed by atoms with Gasteiger partial charge in [0.1, 0.15) is 12.2 Å². The van der Waals surface area contributed by atoms with Gasteiger partial charge in [0, 0.05) is 17.6 Å². The molecule has 5 nitrogen and oxygen atoms in total. The number of thiol groups is 1. The quantitative estimate of drug-likeness (QED) is 0.458. The van der Waals surface area contributed by atoms with Crippen LogP contribution in [0.2, 0.25) is 0 Å². The first-order chi connectivity index (χ1) is 8.03. The summed E-state index contributed by atoms with van der Waals surface area (Å²) < 4.78 is 33.8. The first-order valence-corrected chi connectivity index (χ1v) is 7.86. The Kier molecular flexibility index (Phi) is 2.68. The van der Waals surface area contributed by atoms with Gasteiger partial charge in [-0.25, -0.2) is 0 Å². The lowest BCUT2D eigenvalue weighted by atomic mass is 9.94. The van der Waals surface area contributed by atoms with Crippen molar-refractivity contribution in [2.45, 2.75) is 36.7 Å². The minimum atomic E-state index is -3.42. The maximum absolute atomic E-state index is 11.7. The molecule has 0 aromatic heterocycles. The SMILES string of the molecule is O=C(CCS)OC1C2CC3C1OS(=O)(=O)C3C2. The normalized spacial score (nSPS) is 45.1. The zero-order valence-corrected chi connectivity index (χ0v) is 10.8. The second-order valence-corrected chi connectivity index (χ2v) is 7.15. The molecule has 2 aliphatic carbocycles. The molecule has 3 fully saturated rings. The Hall–Kier alpha value is -0.270. The van der Waals surface area contributed by atoms with Crippen LogP contribution in [0.25, 0.3) is 0 Å². The highest BCUT2D eigenvalue weighted by Gasteiger charge is 2.65. The molecule has 0 spiro atoms. The summed E-state index contributed by atoms with van der Waals surface area (Å²) in [6.07, 6.45) is 0.809. The molecule has 0 N–H and O–H groups in total. The van der Waals surface area contributed by atoms with Crippen LogP contribution in [0.5, 0.6) is 0 Å². The van der Waals surface area contributed by atoms with E-state index in [0.29, 0.717) is 12.2 Å². The highest BCUT2D eigenvalue weighted by atomic mass is 32.2. The number of carbonyl (C=O) groups is 1. The summed E-state index contributed by atoms with van der Waals surface area (Å²) in [7, 11) is -3.42. The lowest BCUT2D eigenvalue weighted by Crippen LogP contribution is -2.37. The second kappa shape index (κ2) is 3.86. The predicted octanol–water partition coefficient (Wildman–Crippen LogP) is 0.355. The zero-order valence-electron chi connectivity index (χ0n) is 9.11. The number of hydrogen-bond donors (Lipinski definition) is 1. The topological polar surface area (TPSA) is 69.7 Å². The van der Waals surface area contributed by atoms with Crippen molar-refractivity contribution in [2.24, 2.45) is 11.8 Å². The van der Waals surface area contributed by atoms with Crippen molar-refractivity contribution in [2.75, 3.05) is 5.75 Å². The van der Waals surface area contributed by atoms with Crippen molar-refractivity contribution < 1.29 is 22.1 Å². The third-order valence-corrected chi connectivity index (χ3v) is 6.00. The molecule has 2 bridgehead atoms. The van der Waals surface area contributed by atoms with E-state index in [2.05, 4.69) is 12.6 Å². The molecule has 1 saturated heterocycles. The Balaban J connectivity index is 1.76. The average molecular weight is 278 g/mol. The summed E-state index contributed by atoms with van der Waals surface area (Å²) in [6, 6.07) is 0. The fraction of sp³-hybridized carbons (Fsp3) is 0.900. The van der Waals surface area contributed by atoms with E-state index in [1.165, 1.54) is 0 Å². The van der Waals surface area contributed by atoms with Crippen molar-refractivity contribution in [3.8, 4) is 0 Å². The number of rotatable bonds is 3. The fourth-order valence-corrected chi connectivity index (χ4v) is 5.41. The van der Waals surface area contributed by atoms with Crippen molar-refractivity contribution in [3.05, 3.63) is 0 Å². The fourth-order valence-electron chi connectivity index (χ4n) is 3.35. The van der Waals surface area contributed by atoms with Crippen LogP contribution >= 0.6 is 12.6 Å². The van der Waals surface area contributed by atoms with Gasteiger partial charge in [0.05, 0.1) is 11.7 Å². The molecule has 5 unspecified atom stereocenters. The van der Waals surface area contributed by atoms with Crippen LogP contribution in [0.4, 0.5) is 0 Å². The standard InChI is InChI=1S/C10H14O5S2/c11-8(1-2-16)14-9-5-3-6-7(4-5)17(12,13)15-10(6)9/h5-7,9-10,16H,1-4H2. The summed E-state index contributed by atoms with van der Waals surface area (Å²) in [5.41, 5.74) is 0. The molecule has 3 aliphatic rings. The Morgan fingerprint density at radius 3 is 2.88 bits per heavy atom. The Morgan fingerprint density at radius 2 is 2.18 bits per heavy atom. The van der Waals surface area contributed by atoms with E-state index >= 15 is 0 Å². The molecular formula is C10H14O5S2. The van der Waals surface area contributed by atoms with E-state index in [1.807, 2.05) is 0 Å². The van der Waals surface area contributed by atoms with Crippen LogP contribution in [-0.4, -0.2) is 37.6 Å². The molecule has 1 aliphatic heterocycles. The minimum Gasteiger partial charge on any atom is -0.459 e. The van der Waals surface area contributed by atoms with Crippen LogP contribution in [0.1, 0.15) is 19.3 Å². The molecule has 96 valence electrons. The molecule has 0 amide bonds.